The fourth-order valence-corrected chi connectivity index (χ4v) is 4.70. The van der Waals surface area contributed by atoms with Crippen molar-refractivity contribution in [2.75, 3.05) is 30.9 Å². The molecule has 0 amide bonds. The van der Waals surface area contributed by atoms with Gasteiger partial charge in [-0.2, -0.15) is 0 Å². The number of nitrogen functional groups attached to an aromatic ring is 1. The van der Waals surface area contributed by atoms with E-state index < -0.39 is 5.97 Å². The number of hydrazine groups is 1. The van der Waals surface area contributed by atoms with Gasteiger partial charge in [0.15, 0.2) is 0 Å². The molecular weight excluding hydrogens is 442 g/mol. The number of hydrogen-bond acceptors (Lipinski definition) is 7. The van der Waals surface area contributed by atoms with Crippen LogP contribution < -0.4 is 21.3 Å². The molecular formula is C27H33N5O3. The van der Waals surface area contributed by atoms with Crippen molar-refractivity contribution in [3.63, 3.8) is 0 Å². The summed E-state index contributed by atoms with van der Waals surface area (Å²) in [5.41, 5.74) is 13.6. The summed E-state index contributed by atoms with van der Waals surface area (Å²) in [7, 11) is 1.73. The van der Waals surface area contributed by atoms with Gasteiger partial charge >= 0.3 is 5.97 Å². The van der Waals surface area contributed by atoms with Crippen LogP contribution in [0.1, 0.15) is 45.8 Å². The third-order valence-corrected chi connectivity index (χ3v) is 6.72. The van der Waals surface area contributed by atoms with Crippen molar-refractivity contribution in [1.82, 2.24) is 9.88 Å². The summed E-state index contributed by atoms with van der Waals surface area (Å²) >= 11 is 0. The molecule has 3 aromatic rings. The number of carboxylic acid groups (broad SMARTS) is 1. The van der Waals surface area contributed by atoms with Crippen LogP contribution >= 0.6 is 0 Å². The molecule has 1 aromatic heterocycles. The summed E-state index contributed by atoms with van der Waals surface area (Å²) in [5.74, 6) is 5.55. The van der Waals surface area contributed by atoms with Gasteiger partial charge in [-0.3, -0.25) is 14.7 Å². The van der Waals surface area contributed by atoms with Gasteiger partial charge in [-0.05, 0) is 59.9 Å². The zero-order valence-corrected chi connectivity index (χ0v) is 20.5. The highest BCUT2D eigenvalue weighted by Gasteiger charge is 2.24. The number of carboxylic acids is 1. The predicted octanol–water partition coefficient (Wildman–Crippen LogP) is 3.59. The van der Waals surface area contributed by atoms with Gasteiger partial charge in [-0.25, -0.2) is 5.84 Å². The molecule has 0 aliphatic carbocycles. The molecule has 35 heavy (non-hydrogen) atoms. The number of rotatable bonds is 7. The lowest BCUT2D eigenvalue weighted by Crippen LogP contribution is -2.26. The SMILES string of the molecule is Cc1ccc(C(CC(=O)O)c2ccc(N(C)N)c(N)c2C)cc1CN1CCOc2cccnc2C1. The van der Waals surface area contributed by atoms with Crippen LogP contribution in [0.15, 0.2) is 48.7 Å². The van der Waals surface area contributed by atoms with Crippen molar-refractivity contribution in [1.29, 1.82) is 0 Å². The number of nitrogens with two attached hydrogens (primary N) is 2. The summed E-state index contributed by atoms with van der Waals surface area (Å²) < 4.78 is 5.87. The van der Waals surface area contributed by atoms with Gasteiger partial charge in [-0.15, -0.1) is 0 Å². The Labute approximate surface area is 206 Å². The second-order valence-electron chi connectivity index (χ2n) is 9.17. The van der Waals surface area contributed by atoms with Crippen molar-refractivity contribution in [3.8, 4) is 5.75 Å². The highest BCUT2D eigenvalue weighted by Crippen LogP contribution is 2.37. The van der Waals surface area contributed by atoms with Crippen molar-refractivity contribution in [3.05, 3.63) is 82.2 Å². The Balaban J connectivity index is 1.67. The van der Waals surface area contributed by atoms with Crippen LogP contribution in [-0.2, 0) is 17.9 Å². The Kier molecular flexibility index (Phi) is 7.23. The Morgan fingerprint density at radius 1 is 1.26 bits per heavy atom. The summed E-state index contributed by atoms with van der Waals surface area (Å²) in [6.07, 6.45) is 1.76. The van der Waals surface area contributed by atoms with Gasteiger partial charge in [0.25, 0.3) is 0 Å². The number of anilines is 2. The minimum absolute atomic E-state index is 0.0323. The van der Waals surface area contributed by atoms with E-state index in [0.717, 1.165) is 52.4 Å². The summed E-state index contributed by atoms with van der Waals surface area (Å²) in [6, 6.07) is 13.9. The van der Waals surface area contributed by atoms with Gasteiger partial charge in [0.2, 0.25) is 0 Å². The lowest BCUT2D eigenvalue weighted by molar-refractivity contribution is -0.137. The van der Waals surface area contributed by atoms with Crippen molar-refractivity contribution < 1.29 is 14.6 Å². The van der Waals surface area contributed by atoms with E-state index in [9.17, 15) is 9.90 Å². The van der Waals surface area contributed by atoms with Crippen LogP contribution in [0.25, 0.3) is 0 Å². The number of carbonyl (C=O) groups is 1. The lowest BCUT2D eigenvalue weighted by Gasteiger charge is -2.25. The molecule has 2 aromatic carbocycles. The first-order valence-corrected chi connectivity index (χ1v) is 11.7. The van der Waals surface area contributed by atoms with E-state index in [1.165, 1.54) is 5.01 Å². The number of benzene rings is 2. The molecule has 4 rings (SSSR count). The van der Waals surface area contributed by atoms with Crippen molar-refractivity contribution in [2.24, 2.45) is 5.84 Å². The molecule has 0 spiro atoms. The van der Waals surface area contributed by atoms with Crippen LogP contribution in [0, 0.1) is 13.8 Å². The lowest BCUT2D eigenvalue weighted by atomic mass is 9.84. The number of aromatic nitrogens is 1. The van der Waals surface area contributed by atoms with Crippen LogP contribution in [0.5, 0.6) is 5.75 Å². The molecule has 0 fully saturated rings. The molecule has 1 aliphatic rings. The van der Waals surface area contributed by atoms with Gasteiger partial charge < -0.3 is 20.6 Å². The maximum Gasteiger partial charge on any atom is 0.304 e. The fraction of sp³-hybridized carbons (Fsp3) is 0.333. The molecule has 5 N–H and O–H groups in total. The van der Waals surface area contributed by atoms with Gasteiger partial charge in [0.05, 0.1) is 23.5 Å². The molecule has 1 atom stereocenters. The smallest absolute Gasteiger partial charge is 0.304 e. The molecule has 0 saturated carbocycles. The first-order valence-electron chi connectivity index (χ1n) is 11.7. The van der Waals surface area contributed by atoms with Crippen LogP contribution in [0.2, 0.25) is 0 Å². The number of ether oxygens (including phenoxy) is 1. The fourth-order valence-electron chi connectivity index (χ4n) is 4.70. The number of aliphatic carboxylic acids is 1. The topological polar surface area (TPSA) is 118 Å². The molecule has 0 bridgehead atoms. The van der Waals surface area contributed by atoms with E-state index >= 15 is 0 Å². The zero-order valence-electron chi connectivity index (χ0n) is 20.5. The maximum atomic E-state index is 11.9. The molecule has 0 saturated heterocycles. The monoisotopic (exact) mass is 475 g/mol. The van der Waals surface area contributed by atoms with Crippen molar-refractivity contribution >= 4 is 17.3 Å². The van der Waals surface area contributed by atoms with Crippen molar-refractivity contribution in [2.45, 2.75) is 39.3 Å². The average molecular weight is 476 g/mol. The molecule has 0 radical (unpaired) electrons. The van der Waals surface area contributed by atoms with Gasteiger partial charge in [-0.1, -0.05) is 24.3 Å². The van der Waals surface area contributed by atoms with Crippen LogP contribution in [-0.4, -0.2) is 41.2 Å². The third-order valence-electron chi connectivity index (χ3n) is 6.72. The largest absolute Gasteiger partial charge is 0.490 e. The van der Waals surface area contributed by atoms with E-state index in [2.05, 4.69) is 28.9 Å². The Bertz CT molecular complexity index is 1230. The second-order valence-corrected chi connectivity index (χ2v) is 9.17. The molecule has 8 heteroatoms. The highest BCUT2D eigenvalue weighted by atomic mass is 16.5. The third kappa shape index (κ3) is 5.39. The Morgan fingerprint density at radius 2 is 2.06 bits per heavy atom. The minimum atomic E-state index is -0.859. The maximum absolute atomic E-state index is 11.9. The predicted molar refractivity (Wildman–Crippen MR) is 137 cm³/mol. The van der Waals surface area contributed by atoms with Crippen LogP contribution in [0.4, 0.5) is 11.4 Å². The highest BCUT2D eigenvalue weighted by molar-refractivity contribution is 5.74. The van der Waals surface area contributed by atoms with E-state index in [-0.39, 0.29) is 12.3 Å². The number of hydrogen-bond donors (Lipinski definition) is 3. The molecule has 184 valence electrons. The zero-order chi connectivity index (χ0) is 25.1. The average Bonchev–Trinajstić information content (AvgIpc) is 3.02. The first kappa shape index (κ1) is 24.5. The first-order chi connectivity index (χ1) is 16.7. The number of fused-ring (bicyclic) bond motifs is 1. The van der Waals surface area contributed by atoms with E-state index in [0.29, 0.717) is 24.5 Å². The summed E-state index contributed by atoms with van der Waals surface area (Å²) in [6.45, 7) is 6.80. The van der Waals surface area contributed by atoms with E-state index in [1.54, 1.807) is 13.2 Å². The minimum Gasteiger partial charge on any atom is -0.490 e. The number of pyridine rings is 1. The van der Waals surface area contributed by atoms with Crippen LogP contribution in [0.3, 0.4) is 0 Å². The quantitative estimate of drug-likeness (QED) is 0.270. The van der Waals surface area contributed by atoms with Gasteiger partial charge in [0, 0.05) is 38.8 Å². The van der Waals surface area contributed by atoms with E-state index in [1.807, 2.05) is 37.3 Å². The molecule has 1 aliphatic heterocycles. The molecule has 8 nitrogen and oxygen atoms in total. The normalized spacial score (nSPS) is 14.5. The Morgan fingerprint density at radius 3 is 2.80 bits per heavy atom. The van der Waals surface area contributed by atoms with E-state index in [4.69, 9.17) is 16.3 Å². The number of nitrogens with zero attached hydrogens (tertiary/aromatic N) is 3. The van der Waals surface area contributed by atoms with Gasteiger partial charge in [0.1, 0.15) is 12.4 Å². The summed E-state index contributed by atoms with van der Waals surface area (Å²) in [4.78, 5) is 18.7. The Hall–Kier alpha value is -3.62. The second kappa shape index (κ2) is 10.3. The summed E-state index contributed by atoms with van der Waals surface area (Å²) in [5, 5.41) is 11.2. The molecule has 2 heterocycles. The molecule has 1 unspecified atom stereocenters. The number of aryl methyl sites for hydroxylation is 1. The standard InChI is InChI=1S/C27H33N5O3/c1-17-6-7-19(13-20(17)15-32-11-12-35-25-5-4-10-30-23(25)16-32)22(14-26(33)34)21-8-9-24(31(3)29)27(28)18(21)2/h4-10,13,22H,11-12,14-16,28-29H2,1-3H3,(H,33,34).